The average molecular weight is 282 g/mol. The van der Waals surface area contributed by atoms with E-state index in [1.165, 1.54) is 13.0 Å². The van der Waals surface area contributed by atoms with E-state index in [4.69, 9.17) is 34.8 Å². The number of halogens is 3. The summed E-state index contributed by atoms with van der Waals surface area (Å²) in [5.41, 5.74) is 0.446. The van der Waals surface area contributed by atoms with Gasteiger partial charge >= 0.3 is 6.09 Å². The van der Waals surface area contributed by atoms with Gasteiger partial charge in [-0.3, -0.25) is 10.2 Å². The maximum Gasteiger partial charge on any atom is 0.437 e. The fourth-order valence-electron chi connectivity index (χ4n) is 0.819. The monoisotopic (exact) mass is 280 g/mol. The molecule has 0 atom stereocenters. The summed E-state index contributed by atoms with van der Waals surface area (Å²) in [4.78, 5) is 15.5. The molecule has 0 saturated heterocycles. The van der Waals surface area contributed by atoms with E-state index in [1.54, 1.807) is 12.1 Å². The lowest BCUT2D eigenvalue weighted by atomic mass is 10.3. The molecule has 0 heterocycles. The first-order valence-electron chi connectivity index (χ1n) is 4.12. The smallest absolute Gasteiger partial charge is 0.297 e. The Morgan fingerprint density at radius 1 is 1.38 bits per heavy atom. The minimum atomic E-state index is -0.765. The Balaban J connectivity index is 2.63. The number of hydrogen-bond acceptors (Lipinski definition) is 3. The lowest BCUT2D eigenvalue weighted by Gasteiger charge is -2.03. The Bertz CT molecular complexity index is 431. The van der Waals surface area contributed by atoms with Gasteiger partial charge in [-0.1, -0.05) is 40.0 Å². The van der Waals surface area contributed by atoms with E-state index < -0.39 is 6.09 Å². The number of benzene rings is 1. The highest BCUT2D eigenvalue weighted by molar-refractivity contribution is 6.64. The summed E-state index contributed by atoms with van der Waals surface area (Å²) >= 11 is 16.8. The highest BCUT2D eigenvalue weighted by atomic mass is 35.5. The fourth-order valence-corrected chi connectivity index (χ4v) is 1.15. The normalized spacial score (nSPS) is 11.1. The average Bonchev–Trinajstić information content (AvgIpc) is 2.21. The van der Waals surface area contributed by atoms with Crippen molar-refractivity contribution in [2.45, 2.75) is 6.92 Å². The van der Waals surface area contributed by atoms with Crippen LogP contribution >= 0.6 is 34.8 Å². The minimum absolute atomic E-state index is 0.115. The van der Waals surface area contributed by atoms with Crippen LogP contribution in [-0.4, -0.2) is 11.3 Å². The molecular weight excluding hydrogens is 274 g/mol. The first-order valence-corrected chi connectivity index (χ1v) is 5.25. The van der Waals surface area contributed by atoms with Crippen molar-refractivity contribution in [1.82, 2.24) is 0 Å². The minimum Gasteiger partial charge on any atom is -0.297 e. The van der Waals surface area contributed by atoms with E-state index in [-0.39, 0.29) is 5.17 Å². The van der Waals surface area contributed by atoms with E-state index >= 15 is 0 Å². The molecule has 86 valence electrons. The van der Waals surface area contributed by atoms with Gasteiger partial charge in [0.05, 0.1) is 10.0 Å². The molecule has 0 unspecified atom stereocenters. The molecule has 0 saturated carbocycles. The van der Waals surface area contributed by atoms with Crippen LogP contribution in [0.15, 0.2) is 23.4 Å². The molecule has 1 N–H and O–H groups in total. The molecule has 4 nitrogen and oxygen atoms in total. The third-order valence-corrected chi connectivity index (χ3v) is 2.23. The Morgan fingerprint density at radius 3 is 2.62 bits per heavy atom. The molecule has 1 amide bonds. The second kappa shape index (κ2) is 5.94. The second-order valence-electron chi connectivity index (χ2n) is 2.72. The van der Waals surface area contributed by atoms with Crippen molar-refractivity contribution < 1.29 is 9.63 Å². The summed E-state index contributed by atoms with van der Waals surface area (Å²) in [6.45, 7) is 1.48. The molecular formula is C9H7Cl3N2O2. The molecule has 1 rings (SSSR count). The van der Waals surface area contributed by atoms with Crippen molar-refractivity contribution in [2.75, 3.05) is 5.32 Å². The maximum atomic E-state index is 11.1. The van der Waals surface area contributed by atoms with Gasteiger partial charge in [0.1, 0.15) is 5.17 Å². The van der Waals surface area contributed by atoms with E-state index in [2.05, 4.69) is 15.3 Å². The van der Waals surface area contributed by atoms with Gasteiger partial charge in [-0.15, -0.1) is 0 Å². The number of nitrogens with one attached hydrogen (secondary N) is 1. The highest BCUT2D eigenvalue weighted by Crippen LogP contribution is 2.24. The van der Waals surface area contributed by atoms with Crippen LogP contribution in [0, 0.1) is 0 Å². The van der Waals surface area contributed by atoms with Crippen molar-refractivity contribution in [1.29, 1.82) is 0 Å². The van der Waals surface area contributed by atoms with Gasteiger partial charge < -0.3 is 0 Å². The number of oxime groups is 1. The third kappa shape index (κ3) is 4.26. The number of carbonyl (C=O) groups excluding carboxylic acids is 1. The lowest BCUT2D eigenvalue weighted by molar-refractivity contribution is 0.167. The zero-order chi connectivity index (χ0) is 12.1. The van der Waals surface area contributed by atoms with Crippen LogP contribution in [0.5, 0.6) is 0 Å². The van der Waals surface area contributed by atoms with E-state index in [1.807, 2.05) is 0 Å². The van der Waals surface area contributed by atoms with E-state index in [0.717, 1.165) is 0 Å². The van der Waals surface area contributed by atoms with Crippen molar-refractivity contribution >= 4 is 51.8 Å². The number of hydrogen-bond donors (Lipinski definition) is 1. The van der Waals surface area contributed by atoms with Gasteiger partial charge in [0.2, 0.25) is 0 Å². The van der Waals surface area contributed by atoms with Gasteiger partial charge in [0.15, 0.2) is 0 Å². The van der Waals surface area contributed by atoms with E-state index in [9.17, 15) is 4.79 Å². The molecule has 0 aliphatic rings. The van der Waals surface area contributed by atoms with Crippen LogP contribution in [0.2, 0.25) is 10.0 Å². The molecule has 0 radical (unpaired) electrons. The predicted molar refractivity (Wildman–Crippen MR) is 65.5 cm³/mol. The first kappa shape index (κ1) is 13.1. The Morgan fingerprint density at radius 2 is 2.06 bits per heavy atom. The molecule has 7 heteroatoms. The van der Waals surface area contributed by atoms with Crippen LogP contribution < -0.4 is 5.32 Å². The Labute approximate surface area is 107 Å². The summed E-state index contributed by atoms with van der Waals surface area (Å²) in [6.07, 6.45) is -0.765. The zero-order valence-electron chi connectivity index (χ0n) is 8.13. The highest BCUT2D eigenvalue weighted by Gasteiger charge is 2.05. The summed E-state index contributed by atoms with van der Waals surface area (Å²) in [5.74, 6) is 0. The Kier molecular flexibility index (Phi) is 4.86. The predicted octanol–water partition coefficient (Wildman–Crippen LogP) is 4.11. The second-order valence-corrected chi connectivity index (χ2v) is 4.08. The molecule has 1 aromatic rings. The van der Waals surface area contributed by atoms with Gasteiger partial charge in [-0.25, -0.2) is 4.79 Å². The SMILES string of the molecule is CC(Cl)=NOC(=O)Nc1ccc(Cl)c(Cl)c1. The van der Waals surface area contributed by atoms with Crippen molar-refractivity contribution in [2.24, 2.45) is 5.16 Å². The molecule has 0 aliphatic heterocycles. The van der Waals surface area contributed by atoms with Crippen molar-refractivity contribution in [3.05, 3.63) is 28.2 Å². The summed E-state index contributed by atoms with van der Waals surface area (Å²) < 4.78 is 0. The number of amides is 1. The molecule has 0 aliphatic carbocycles. The summed E-state index contributed by atoms with van der Waals surface area (Å²) in [7, 11) is 0. The van der Waals surface area contributed by atoms with Crippen LogP contribution in [0.3, 0.4) is 0 Å². The van der Waals surface area contributed by atoms with E-state index in [0.29, 0.717) is 15.7 Å². The molecule has 0 spiro atoms. The summed E-state index contributed by atoms with van der Waals surface area (Å²) in [6, 6.07) is 4.62. The largest absolute Gasteiger partial charge is 0.437 e. The van der Waals surface area contributed by atoms with Crippen LogP contribution in [0.1, 0.15) is 6.92 Å². The molecule has 1 aromatic carbocycles. The fraction of sp³-hybridized carbons (Fsp3) is 0.111. The van der Waals surface area contributed by atoms with Gasteiger partial charge in [-0.2, -0.15) is 0 Å². The molecule has 0 bridgehead atoms. The van der Waals surface area contributed by atoms with Gasteiger partial charge in [-0.05, 0) is 25.1 Å². The number of carbonyl (C=O) groups is 1. The number of rotatable bonds is 2. The maximum absolute atomic E-state index is 11.1. The van der Waals surface area contributed by atoms with Crippen LogP contribution in [-0.2, 0) is 4.84 Å². The quantitative estimate of drug-likeness (QED) is 0.504. The third-order valence-electron chi connectivity index (χ3n) is 1.42. The molecule has 0 fully saturated rings. The standard InChI is InChI=1S/C9H7Cl3N2O2/c1-5(10)14-16-9(15)13-6-2-3-7(11)8(12)4-6/h2-4H,1H3,(H,13,15). The first-order chi connectivity index (χ1) is 7.49. The molecule has 16 heavy (non-hydrogen) atoms. The number of anilines is 1. The van der Waals surface area contributed by atoms with Gasteiger partial charge in [0.25, 0.3) is 0 Å². The van der Waals surface area contributed by atoms with Crippen LogP contribution in [0.4, 0.5) is 10.5 Å². The zero-order valence-corrected chi connectivity index (χ0v) is 10.4. The molecule has 0 aromatic heterocycles. The van der Waals surface area contributed by atoms with Crippen LogP contribution in [0.25, 0.3) is 0 Å². The van der Waals surface area contributed by atoms with Gasteiger partial charge in [0, 0.05) is 5.69 Å². The van der Waals surface area contributed by atoms with Crippen molar-refractivity contribution in [3.8, 4) is 0 Å². The Hall–Kier alpha value is -0.970. The topological polar surface area (TPSA) is 50.7 Å². The number of nitrogens with zero attached hydrogens (tertiary/aromatic N) is 1. The van der Waals surface area contributed by atoms with Crippen molar-refractivity contribution in [3.63, 3.8) is 0 Å². The summed E-state index contributed by atoms with van der Waals surface area (Å²) in [5, 5.41) is 6.51. The lowest BCUT2D eigenvalue weighted by Crippen LogP contribution is -2.11.